The monoisotopic (exact) mass is 310 g/mol. The van der Waals surface area contributed by atoms with Crippen molar-refractivity contribution in [2.24, 2.45) is 0 Å². The lowest BCUT2D eigenvalue weighted by Gasteiger charge is -2.38. The molecule has 0 aromatic rings. The van der Waals surface area contributed by atoms with E-state index in [-0.39, 0.29) is 18.7 Å². The molecule has 0 spiro atoms. The second-order valence-corrected chi connectivity index (χ2v) is 7.84. The van der Waals surface area contributed by atoms with Gasteiger partial charge in [0.25, 0.3) is 10.2 Å². The molecule has 114 valence electrons. The molecular formula is C12H26N2O3S2. The summed E-state index contributed by atoms with van der Waals surface area (Å²) in [5, 5.41) is 9.38. The Hall–Kier alpha value is 0.180. The molecule has 0 aromatic carbocycles. The van der Waals surface area contributed by atoms with Crippen LogP contribution in [0.15, 0.2) is 0 Å². The Bertz CT molecular complexity index is 362. The summed E-state index contributed by atoms with van der Waals surface area (Å²) in [6.45, 7) is 2.44. The lowest BCUT2D eigenvalue weighted by Crippen LogP contribution is -2.53. The first-order valence-electron chi connectivity index (χ1n) is 6.83. The molecule has 7 heteroatoms. The summed E-state index contributed by atoms with van der Waals surface area (Å²) in [7, 11) is -1.81. The molecular weight excluding hydrogens is 284 g/mol. The van der Waals surface area contributed by atoms with Crippen LogP contribution in [0, 0.1) is 0 Å². The van der Waals surface area contributed by atoms with E-state index >= 15 is 0 Å². The zero-order valence-corrected chi connectivity index (χ0v) is 13.7. The van der Waals surface area contributed by atoms with Gasteiger partial charge in [0.15, 0.2) is 0 Å². The van der Waals surface area contributed by atoms with E-state index in [1.807, 2.05) is 13.2 Å². The van der Waals surface area contributed by atoms with Gasteiger partial charge in [-0.2, -0.15) is 28.8 Å². The minimum Gasteiger partial charge on any atom is -0.395 e. The number of aliphatic hydroxyl groups is 1. The molecule has 1 aliphatic rings. The number of hydrogen-bond acceptors (Lipinski definition) is 4. The molecule has 0 bridgehead atoms. The predicted molar refractivity (Wildman–Crippen MR) is 80.6 cm³/mol. The summed E-state index contributed by atoms with van der Waals surface area (Å²) < 4.78 is 28.3. The fraction of sp³-hybridized carbons (Fsp3) is 1.00. The summed E-state index contributed by atoms with van der Waals surface area (Å²) in [4.78, 5) is 0. The number of aliphatic hydroxyl groups excluding tert-OH is 1. The van der Waals surface area contributed by atoms with Crippen molar-refractivity contribution in [2.75, 3.05) is 32.2 Å². The number of nitrogens with zero attached hydrogens (tertiary/aromatic N) is 2. The first-order chi connectivity index (χ1) is 8.98. The molecule has 0 aromatic heterocycles. The van der Waals surface area contributed by atoms with E-state index in [1.165, 1.54) is 8.61 Å². The quantitative estimate of drug-likeness (QED) is 0.766. The maximum atomic E-state index is 12.7. The van der Waals surface area contributed by atoms with Crippen molar-refractivity contribution >= 4 is 22.0 Å². The normalized spacial score (nSPS) is 23.7. The third-order valence-corrected chi connectivity index (χ3v) is 6.61. The molecule has 0 radical (unpaired) electrons. The Kier molecular flexibility index (Phi) is 7.10. The molecule has 1 rings (SSSR count). The third-order valence-electron chi connectivity index (χ3n) is 3.79. The maximum absolute atomic E-state index is 12.7. The smallest absolute Gasteiger partial charge is 0.282 e. The van der Waals surface area contributed by atoms with Crippen molar-refractivity contribution in [2.45, 2.75) is 44.7 Å². The second kappa shape index (κ2) is 7.83. The van der Waals surface area contributed by atoms with Crippen molar-refractivity contribution in [1.82, 2.24) is 8.61 Å². The zero-order valence-electron chi connectivity index (χ0n) is 12.1. The van der Waals surface area contributed by atoms with E-state index in [4.69, 9.17) is 0 Å². The van der Waals surface area contributed by atoms with Gasteiger partial charge >= 0.3 is 0 Å². The van der Waals surface area contributed by atoms with Crippen LogP contribution in [0.25, 0.3) is 0 Å². The first-order valence-corrected chi connectivity index (χ1v) is 9.62. The van der Waals surface area contributed by atoms with Gasteiger partial charge in [-0.3, -0.25) is 0 Å². The fourth-order valence-corrected chi connectivity index (χ4v) is 5.26. The molecule has 0 saturated carbocycles. The number of thioether (sulfide) groups is 1. The third kappa shape index (κ3) is 4.07. The van der Waals surface area contributed by atoms with Crippen LogP contribution < -0.4 is 0 Å². The van der Waals surface area contributed by atoms with E-state index < -0.39 is 10.2 Å². The number of piperidine rings is 1. The van der Waals surface area contributed by atoms with Crippen molar-refractivity contribution in [3.05, 3.63) is 0 Å². The molecule has 0 aliphatic carbocycles. The van der Waals surface area contributed by atoms with E-state index in [2.05, 4.69) is 0 Å². The van der Waals surface area contributed by atoms with E-state index in [0.29, 0.717) is 6.54 Å². The average molecular weight is 310 g/mol. The number of rotatable bonds is 7. The highest BCUT2D eigenvalue weighted by molar-refractivity contribution is 7.98. The fourth-order valence-electron chi connectivity index (χ4n) is 2.49. The van der Waals surface area contributed by atoms with Crippen LogP contribution in [-0.4, -0.2) is 66.4 Å². The van der Waals surface area contributed by atoms with Gasteiger partial charge in [0.2, 0.25) is 0 Å². The molecule has 1 saturated heterocycles. The standard InChI is InChI=1S/C12H26N2O3S2/c1-4-11(10-18-3)13(2)19(16,17)14-8-6-5-7-12(14)9-15/h11-12,15H,4-10H2,1-3H3. The van der Waals surface area contributed by atoms with Gasteiger partial charge in [0.05, 0.1) is 6.61 Å². The summed E-state index contributed by atoms with van der Waals surface area (Å²) in [6, 6.07) is -0.241. The van der Waals surface area contributed by atoms with Crippen molar-refractivity contribution in [1.29, 1.82) is 0 Å². The molecule has 1 aliphatic heterocycles. The van der Waals surface area contributed by atoms with Gasteiger partial charge in [-0.15, -0.1) is 0 Å². The van der Waals surface area contributed by atoms with Crippen LogP contribution in [0.5, 0.6) is 0 Å². The van der Waals surface area contributed by atoms with E-state index in [9.17, 15) is 13.5 Å². The van der Waals surface area contributed by atoms with Crippen LogP contribution in [0.3, 0.4) is 0 Å². The molecule has 5 nitrogen and oxygen atoms in total. The molecule has 1 N–H and O–H groups in total. The molecule has 1 heterocycles. The van der Waals surface area contributed by atoms with Gasteiger partial charge in [0, 0.05) is 31.4 Å². The summed E-state index contributed by atoms with van der Waals surface area (Å²) in [5.74, 6) is 0.795. The second-order valence-electron chi connectivity index (χ2n) is 4.98. The van der Waals surface area contributed by atoms with Crippen LogP contribution >= 0.6 is 11.8 Å². The largest absolute Gasteiger partial charge is 0.395 e. The highest BCUT2D eigenvalue weighted by Gasteiger charge is 2.36. The molecule has 1 fully saturated rings. The summed E-state index contributed by atoms with van der Waals surface area (Å²) in [5.41, 5.74) is 0. The first kappa shape index (κ1) is 17.2. The van der Waals surface area contributed by atoms with Gasteiger partial charge in [0.1, 0.15) is 0 Å². The van der Waals surface area contributed by atoms with Crippen LogP contribution in [0.2, 0.25) is 0 Å². The Morgan fingerprint density at radius 1 is 1.47 bits per heavy atom. The van der Waals surface area contributed by atoms with Gasteiger partial charge < -0.3 is 5.11 Å². The van der Waals surface area contributed by atoms with E-state index in [1.54, 1.807) is 18.8 Å². The number of hydrogen-bond donors (Lipinski definition) is 1. The van der Waals surface area contributed by atoms with Crippen LogP contribution in [0.1, 0.15) is 32.6 Å². The minimum absolute atomic E-state index is 0.0151. The van der Waals surface area contributed by atoms with E-state index in [0.717, 1.165) is 31.4 Å². The molecule has 2 unspecified atom stereocenters. The average Bonchev–Trinajstić information content (AvgIpc) is 2.43. The molecule has 2 atom stereocenters. The Balaban J connectivity index is 2.87. The lowest BCUT2D eigenvalue weighted by atomic mass is 10.1. The Labute approximate surface area is 121 Å². The minimum atomic E-state index is -3.46. The summed E-state index contributed by atoms with van der Waals surface area (Å²) >= 11 is 1.66. The molecule has 0 amide bonds. The van der Waals surface area contributed by atoms with Gasteiger partial charge in [-0.25, -0.2) is 0 Å². The van der Waals surface area contributed by atoms with Gasteiger partial charge in [-0.1, -0.05) is 13.3 Å². The summed E-state index contributed by atoms with van der Waals surface area (Å²) in [6.07, 6.45) is 5.41. The van der Waals surface area contributed by atoms with Crippen LogP contribution in [-0.2, 0) is 10.2 Å². The molecule has 19 heavy (non-hydrogen) atoms. The predicted octanol–water partition coefficient (Wildman–Crippen LogP) is 1.15. The maximum Gasteiger partial charge on any atom is 0.282 e. The lowest BCUT2D eigenvalue weighted by molar-refractivity contribution is 0.147. The highest BCUT2D eigenvalue weighted by Crippen LogP contribution is 2.24. The Morgan fingerprint density at radius 3 is 2.68 bits per heavy atom. The van der Waals surface area contributed by atoms with Crippen molar-refractivity contribution in [3.63, 3.8) is 0 Å². The highest BCUT2D eigenvalue weighted by atomic mass is 32.2. The Morgan fingerprint density at radius 2 is 2.16 bits per heavy atom. The van der Waals surface area contributed by atoms with Crippen LogP contribution in [0.4, 0.5) is 0 Å². The topological polar surface area (TPSA) is 60.9 Å². The van der Waals surface area contributed by atoms with Gasteiger partial charge in [-0.05, 0) is 25.5 Å². The SMILES string of the molecule is CCC(CSC)N(C)S(=O)(=O)N1CCCCC1CO. The zero-order chi connectivity index (χ0) is 14.5. The van der Waals surface area contributed by atoms with Crippen molar-refractivity contribution in [3.8, 4) is 0 Å². The van der Waals surface area contributed by atoms with Crippen molar-refractivity contribution < 1.29 is 13.5 Å².